The highest BCUT2D eigenvalue weighted by molar-refractivity contribution is 5.89. The molecule has 1 saturated carbocycles. The van der Waals surface area contributed by atoms with Crippen LogP contribution < -0.4 is 4.74 Å². The number of ether oxygens (including phenoxy) is 1. The molecule has 2 heterocycles. The van der Waals surface area contributed by atoms with Gasteiger partial charge < -0.3 is 14.7 Å². The number of nitrogens with zero attached hydrogens (tertiary/aromatic N) is 1. The zero-order chi connectivity index (χ0) is 19.7. The van der Waals surface area contributed by atoms with Crippen molar-refractivity contribution in [3.8, 4) is 18.1 Å². The lowest BCUT2D eigenvalue weighted by Gasteiger charge is -2.55. The van der Waals surface area contributed by atoms with Crippen LogP contribution in [0.4, 0.5) is 0 Å². The Kier molecular flexibility index (Phi) is 4.93. The Bertz CT molecular complexity index is 899. The van der Waals surface area contributed by atoms with Gasteiger partial charge in [0.15, 0.2) is 0 Å². The van der Waals surface area contributed by atoms with Gasteiger partial charge in [0.1, 0.15) is 5.75 Å². The number of carboxylic acid groups (broad SMARTS) is 1. The molecule has 1 aromatic carbocycles. The lowest BCUT2D eigenvalue weighted by molar-refractivity contribution is -0.132. The van der Waals surface area contributed by atoms with Gasteiger partial charge in [-0.05, 0) is 49.8 Å². The van der Waals surface area contributed by atoms with Crippen molar-refractivity contribution in [3.63, 3.8) is 0 Å². The molecular weight excluding hydrogens is 350 g/mol. The summed E-state index contributed by atoms with van der Waals surface area (Å²) in [5, 5.41) is 9.46. The second-order valence-corrected chi connectivity index (χ2v) is 8.08. The van der Waals surface area contributed by atoms with Crippen LogP contribution in [0.2, 0.25) is 0 Å². The fourth-order valence-corrected chi connectivity index (χ4v) is 4.57. The summed E-state index contributed by atoms with van der Waals surface area (Å²) in [6.45, 7) is 2.86. The van der Waals surface area contributed by atoms with Gasteiger partial charge in [0.05, 0.1) is 17.7 Å². The van der Waals surface area contributed by atoms with Gasteiger partial charge in [0, 0.05) is 29.4 Å². The molecule has 1 spiro atoms. The summed E-state index contributed by atoms with van der Waals surface area (Å²) in [5.74, 6) is 2.74. The van der Waals surface area contributed by atoms with Crippen molar-refractivity contribution < 1.29 is 14.6 Å². The third kappa shape index (κ3) is 3.09. The monoisotopic (exact) mass is 377 g/mol. The van der Waals surface area contributed by atoms with E-state index >= 15 is 0 Å². The highest BCUT2D eigenvalue weighted by atomic mass is 16.5. The molecule has 0 aromatic heterocycles. The highest BCUT2D eigenvalue weighted by Crippen LogP contribution is 2.51. The van der Waals surface area contributed by atoms with Gasteiger partial charge >= 0.3 is 5.97 Å². The number of carboxylic acids is 1. The normalized spacial score (nSPS) is 18.9. The van der Waals surface area contributed by atoms with E-state index in [1.807, 2.05) is 12.3 Å². The molecule has 1 N–H and O–H groups in total. The van der Waals surface area contributed by atoms with Crippen LogP contribution in [0.5, 0.6) is 5.75 Å². The number of carbonyl (C=O) groups is 1. The minimum Gasteiger partial charge on any atom is -0.492 e. The summed E-state index contributed by atoms with van der Waals surface area (Å²) in [5.41, 5.74) is 4.70. The molecule has 0 unspecified atom stereocenters. The predicted molar refractivity (Wildman–Crippen MR) is 110 cm³/mol. The standard InChI is InChI=1S/C24H27NO3/c1-3-5-6-12-28-22-14-19-15-24(10-7-11-24)25-16-18(23(26)27)8-9-21(25)20(19)13-17(22)4-2/h2,9,13-14,16H,3,5-8,10-12,15H2,1H3,(H,26,27). The molecule has 4 nitrogen and oxygen atoms in total. The number of benzene rings is 1. The number of terminal acetylenes is 1. The first-order chi connectivity index (χ1) is 13.6. The SMILES string of the molecule is C#Cc1cc2c(cc1OCCCCC)CC1(CCC1)N1C=C(C(=O)O)CC=C21. The molecule has 1 fully saturated rings. The molecule has 1 aromatic rings. The number of allylic oxidation sites excluding steroid dienone is 1. The van der Waals surface area contributed by atoms with Crippen LogP contribution in [0.1, 0.15) is 68.6 Å². The van der Waals surface area contributed by atoms with E-state index in [9.17, 15) is 9.90 Å². The largest absolute Gasteiger partial charge is 0.492 e. The predicted octanol–water partition coefficient (Wildman–Crippen LogP) is 4.73. The van der Waals surface area contributed by atoms with Gasteiger partial charge in [0.2, 0.25) is 0 Å². The van der Waals surface area contributed by atoms with Crippen LogP contribution >= 0.6 is 0 Å². The van der Waals surface area contributed by atoms with Crippen LogP contribution in [0.3, 0.4) is 0 Å². The molecule has 3 aliphatic rings. The molecule has 2 aliphatic heterocycles. The Balaban J connectivity index is 1.71. The van der Waals surface area contributed by atoms with E-state index in [1.54, 1.807) is 0 Å². The Morgan fingerprint density at radius 1 is 1.36 bits per heavy atom. The summed E-state index contributed by atoms with van der Waals surface area (Å²) in [4.78, 5) is 13.7. The number of hydrogen-bond acceptors (Lipinski definition) is 3. The van der Waals surface area contributed by atoms with Crippen LogP contribution in [0.15, 0.2) is 30.0 Å². The van der Waals surface area contributed by atoms with Crippen molar-refractivity contribution in [2.75, 3.05) is 6.61 Å². The minimum atomic E-state index is -0.837. The van der Waals surface area contributed by atoms with Crippen molar-refractivity contribution in [2.24, 2.45) is 0 Å². The van der Waals surface area contributed by atoms with E-state index < -0.39 is 5.97 Å². The molecular formula is C24H27NO3. The zero-order valence-corrected chi connectivity index (χ0v) is 16.5. The summed E-state index contributed by atoms with van der Waals surface area (Å²) in [6.07, 6.45) is 17.7. The Morgan fingerprint density at radius 3 is 2.82 bits per heavy atom. The van der Waals surface area contributed by atoms with Crippen molar-refractivity contribution >= 4 is 11.7 Å². The number of unbranched alkanes of at least 4 members (excludes halogenated alkanes) is 2. The van der Waals surface area contributed by atoms with Gasteiger partial charge in [-0.2, -0.15) is 0 Å². The van der Waals surface area contributed by atoms with E-state index in [0.29, 0.717) is 18.6 Å². The summed E-state index contributed by atoms with van der Waals surface area (Å²) < 4.78 is 6.04. The topological polar surface area (TPSA) is 49.8 Å². The Labute approximate surface area is 166 Å². The smallest absolute Gasteiger partial charge is 0.333 e. The first-order valence-electron chi connectivity index (χ1n) is 10.3. The summed E-state index contributed by atoms with van der Waals surface area (Å²) >= 11 is 0. The molecule has 0 radical (unpaired) electrons. The number of rotatable bonds is 6. The number of hydrogen-bond donors (Lipinski definition) is 1. The minimum absolute atomic E-state index is 0.00288. The molecule has 4 rings (SSSR count). The van der Waals surface area contributed by atoms with E-state index in [0.717, 1.165) is 61.1 Å². The van der Waals surface area contributed by atoms with Gasteiger partial charge in [-0.15, -0.1) is 6.42 Å². The average molecular weight is 377 g/mol. The summed E-state index contributed by atoms with van der Waals surface area (Å²) in [6, 6.07) is 4.18. The van der Waals surface area contributed by atoms with Gasteiger partial charge in [-0.3, -0.25) is 0 Å². The fourth-order valence-electron chi connectivity index (χ4n) is 4.57. The maximum Gasteiger partial charge on any atom is 0.333 e. The van der Waals surface area contributed by atoms with E-state index in [4.69, 9.17) is 11.2 Å². The fraction of sp³-hybridized carbons (Fsp3) is 0.458. The number of aliphatic carboxylic acids is 1. The van der Waals surface area contributed by atoms with Crippen LogP contribution in [-0.4, -0.2) is 28.1 Å². The van der Waals surface area contributed by atoms with Crippen molar-refractivity contribution in [1.29, 1.82) is 0 Å². The van der Waals surface area contributed by atoms with Crippen molar-refractivity contribution in [3.05, 3.63) is 46.7 Å². The third-order valence-corrected chi connectivity index (χ3v) is 6.29. The Morgan fingerprint density at radius 2 is 2.18 bits per heavy atom. The van der Waals surface area contributed by atoms with Crippen LogP contribution in [0, 0.1) is 12.3 Å². The van der Waals surface area contributed by atoms with Gasteiger partial charge in [-0.25, -0.2) is 4.79 Å². The maximum absolute atomic E-state index is 11.5. The average Bonchev–Trinajstić information content (AvgIpc) is 2.68. The third-order valence-electron chi connectivity index (χ3n) is 6.29. The summed E-state index contributed by atoms with van der Waals surface area (Å²) in [7, 11) is 0. The lowest BCUT2D eigenvalue weighted by Crippen LogP contribution is -2.55. The van der Waals surface area contributed by atoms with E-state index in [1.165, 1.54) is 12.0 Å². The van der Waals surface area contributed by atoms with Crippen LogP contribution in [0.25, 0.3) is 5.70 Å². The molecule has 0 amide bonds. The molecule has 0 bridgehead atoms. The van der Waals surface area contributed by atoms with E-state index in [2.05, 4.69) is 29.9 Å². The zero-order valence-electron chi connectivity index (χ0n) is 16.5. The van der Waals surface area contributed by atoms with Gasteiger partial charge in [-0.1, -0.05) is 31.8 Å². The molecule has 146 valence electrons. The second-order valence-electron chi connectivity index (χ2n) is 8.08. The first-order valence-corrected chi connectivity index (χ1v) is 10.3. The Hall–Kier alpha value is -2.67. The molecule has 0 atom stereocenters. The number of fused-ring (bicyclic) bond motifs is 4. The quantitative estimate of drug-likeness (QED) is 0.575. The molecule has 4 heteroatoms. The molecule has 0 saturated heterocycles. The van der Waals surface area contributed by atoms with Crippen molar-refractivity contribution in [1.82, 2.24) is 4.90 Å². The van der Waals surface area contributed by atoms with E-state index in [-0.39, 0.29) is 5.54 Å². The second kappa shape index (κ2) is 7.39. The molecule has 28 heavy (non-hydrogen) atoms. The van der Waals surface area contributed by atoms with Crippen LogP contribution in [-0.2, 0) is 11.2 Å². The molecule has 1 aliphatic carbocycles. The van der Waals surface area contributed by atoms with Gasteiger partial charge in [0.25, 0.3) is 0 Å². The highest BCUT2D eigenvalue weighted by Gasteiger charge is 2.47. The maximum atomic E-state index is 11.5. The first kappa shape index (κ1) is 18.7. The van der Waals surface area contributed by atoms with Crippen molar-refractivity contribution in [2.45, 2.75) is 63.8 Å². The lowest BCUT2D eigenvalue weighted by atomic mass is 9.67.